The summed E-state index contributed by atoms with van der Waals surface area (Å²) in [5, 5.41) is 0. The first kappa shape index (κ1) is 13.3. The van der Waals surface area contributed by atoms with Crippen LogP contribution >= 0.6 is 0 Å². The third-order valence-corrected chi connectivity index (χ3v) is 3.44. The van der Waals surface area contributed by atoms with Gasteiger partial charge in [0.25, 0.3) is 0 Å². The summed E-state index contributed by atoms with van der Waals surface area (Å²) in [6.45, 7) is 11.8. The van der Waals surface area contributed by atoms with E-state index in [1.54, 1.807) is 0 Å². The lowest BCUT2D eigenvalue weighted by atomic mass is 9.73. The molecule has 1 aliphatic heterocycles. The molecular weight excluding hydrogens is 224 g/mol. The van der Waals surface area contributed by atoms with Gasteiger partial charge >= 0.3 is 0 Å². The van der Waals surface area contributed by atoms with E-state index in [0.29, 0.717) is 5.92 Å². The first-order valence-electron chi connectivity index (χ1n) is 6.81. The third-order valence-electron chi connectivity index (χ3n) is 3.44. The third kappa shape index (κ3) is 2.80. The molecule has 2 rings (SSSR count). The van der Waals surface area contributed by atoms with Crippen LogP contribution < -0.4 is 9.47 Å². The number of hydrogen-bond acceptors (Lipinski definition) is 2. The van der Waals surface area contributed by atoms with Crippen molar-refractivity contribution in [3.8, 4) is 11.5 Å². The molecule has 0 bridgehead atoms. The van der Waals surface area contributed by atoms with Gasteiger partial charge in [-0.2, -0.15) is 0 Å². The van der Waals surface area contributed by atoms with Crippen LogP contribution in [0.4, 0.5) is 0 Å². The van der Waals surface area contributed by atoms with Crippen molar-refractivity contribution in [2.45, 2.75) is 53.1 Å². The van der Waals surface area contributed by atoms with Crippen LogP contribution in [0.2, 0.25) is 0 Å². The van der Waals surface area contributed by atoms with E-state index in [1.807, 2.05) is 12.1 Å². The van der Waals surface area contributed by atoms with Crippen LogP contribution in [0.5, 0.6) is 11.5 Å². The Morgan fingerprint density at radius 2 is 2.00 bits per heavy atom. The maximum atomic E-state index is 5.79. The fourth-order valence-corrected chi connectivity index (χ4v) is 2.62. The van der Waals surface area contributed by atoms with E-state index in [9.17, 15) is 0 Å². The predicted molar refractivity (Wildman–Crippen MR) is 74.5 cm³/mol. The molecule has 1 aliphatic rings. The quantitative estimate of drug-likeness (QED) is 0.773. The summed E-state index contributed by atoms with van der Waals surface area (Å²) < 4.78 is 11.5. The highest BCUT2D eigenvalue weighted by molar-refractivity contribution is 5.44. The summed E-state index contributed by atoms with van der Waals surface area (Å²) in [5.41, 5.74) is 1.56. The van der Waals surface area contributed by atoms with Gasteiger partial charge < -0.3 is 9.47 Å². The largest absolute Gasteiger partial charge is 0.493 e. The summed E-state index contributed by atoms with van der Waals surface area (Å²) in [6.07, 6.45) is 1.29. The van der Waals surface area contributed by atoms with E-state index in [0.717, 1.165) is 24.5 Å². The number of ether oxygens (including phenoxy) is 2. The van der Waals surface area contributed by atoms with Crippen molar-refractivity contribution in [3.63, 3.8) is 0 Å². The number of rotatable bonds is 2. The van der Waals surface area contributed by atoms with Crippen molar-refractivity contribution in [2.24, 2.45) is 5.41 Å². The molecule has 0 spiro atoms. The van der Waals surface area contributed by atoms with Crippen LogP contribution in [0.25, 0.3) is 0 Å². The topological polar surface area (TPSA) is 18.5 Å². The fourth-order valence-electron chi connectivity index (χ4n) is 2.62. The molecule has 1 aromatic carbocycles. The number of benzene rings is 1. The van der Waals surface area contributed by atoms with Crippen LogP contribution in [0.1, 0.15) is 52.5 Å². The SMILES string of the molecule is CC(C)Oc1ccc2c(c1)C(C(C)(C)C)CCO2. The Morgan fingerprint density at radius 1 is 1.28 bits per heavy atom. The second-order valence-corrected chi connectivity index (χ2v) is 6.42. The number of hydrogen-bond donors (Lipinski definition) is 0. The van der Waals surface area contributed by atoms with Crippen LogP contribution in [0, 0.1) is 5.41 Å². The Kier molecular flexibility index (Phi) is 3.56. The van der Waals surface area contributed by atoms with Crippen LogP contribution in [-0.2, 0) is 0 Å². The lowest BCUT2D eigenvalue weighted by molar-refractivity contribution is 0.200. The molecule has 100 valence electrons. The zero-order valence-electron chi connectivity index (χ0n) is 12.1. The molecule has 2 heteroatoms. The van der Waals surface area contributed by atoms with Crippen LogP contribution in [-0.4, -0.2) is 12.7 Å². The first-order chi connectivity index (χ1) is 8.38. The average molecular weight is 248 g/mol. The molecule has 0 amide bonds. The van der Waals surface area contributed by atoms with Crippen molar-refractivity contribution in [3.05, 3.63) is 23.8 Å². The minimum Gasteiger partial charge on any atom is -0.493 e. The van der Waals surface area contributed by atoms with Gasteiger partial charge in [0.15, 0.2) is 0 Å². The monoisotopic (exact) mass is 248 g/mol. The van der Waals surface area contributed by atoms with E-state index in [1.165, 1.54) is 5.56 Å². The molecular formula is C16H24O2. The van der Waals surface area contributed by atoms with E-state index in [4.69, 9.17) is 9.47 Å². The molecule has 0 N–H and O–H groups in total. The Hall–Kier alpha value is -1.18. The molecule has 1 unspecified atom stereocenters. The summed E-state index contributed by atoms with van der Waals surface area (Å²) in [7, 11) is 0. The zero-order valence-corrected chi connectivity index (χ0v) is 12.1. The van der Waals surface area contributed by atoms with Crippen molar-refractivity contribution < 1.29 is 9.47 Å². The molecule has 18 heavy (non-hydrogen) atoms. The Balaban J connectivity index is 2.35. The molecule has 0 aromatic heterocycles. The van der Waals surface area contributed by atoms with Crippen molar-refractivity contribution in [1.82, 2.24) is 0 Å². The van der Waals surface area contributed by atoms with Crippen LogP contribution in [0.15, 0.2) is 18.2 Å². The van der Waals surface area contributed by atoms with Crippen LogP contribution in [0.3, 0.4) is 0 Å². The molecule has 0 saturated heterocycles. The highest BCUT2D eigenvalue weighted by atomic mass is 16.5. The summed E-state index contributed by atoms with van der Waals surface area (Å²) >= 11 is 0. The molecule has 2 nitrogen and oxygen atoms in total. The molecule has 0 fully saturated rings. The maximum absolute atomic E-state index is 5.79. The molecule has 1 heterocycles. The van der Waals surface area contributed by atoms with E-state index >= 15 is 0 Å². The Bertz CT molecular complexity index is 416. The molecule has 0 aliphatic carbocycles. The van der Waals surface area contributed by atoms with Gasteiger partial charge in [-0.05, 0) is 49.8 Å². The van der Waals surface area contributed by atoms with Gasteiger partial charge in [0.2, 0.25) is 0 Å². The van der Waals surface area contributed by atoms with Crippen molar-refractivity contribution >= 4 is 0 Å². The average Bonchev–Trinajstić information content (AvgIpc) is 2.26. The van der Waals surface area contributed by atoms with Gasteiger partial charge in [0, 0.05) is 5.56 Å². The number of fused-ring (bicyclic) bond motifs is 1. The second-order valence-electron chi connectivity index (χ2n) is 6.42. The van der Waals surface area contributed by atoms with Crippen molar-refractivity contribution in [2.75, 3.05) is 6.61 Å². The lowest BCUT2D eigenvalue weighted by Gasteiger charge is -2.35. The van der Waals surface area contributed by atoms with Gasteiger partial charge in [0.1, 0.15) is 11.5 Å². The molecule has 1 atom stereocenters. The fraction of sp³-hybridized carbons (Fsp3) is 0.625. The highest BCUT2D eigenvalue weighted by Crippen LogP contribution is 2.45. The van der Waals surface area contributed by atoms with Gasteiger partial charge in [-0.25, -0.2) is 0 Å². The zero-order chi connectivity index (χ0) is 13.3. The molecule has 0 radical (unpaired) electrons. The minimum absolute atomic E-state index is 0.209. The molecule has 1 aromatic rings. The van der Waals surface area contributed by atoms with Crippen molar-refractivity contribution in [1.29, 1.82) is 0 Å². The van der Waals surface area contributed by atoms with Gasteiger partial charge in [-0.1, -0.05) is 20.8 Å². The normalized spacial score (nSPS) is 19.3. The summed E-state index contributed by atoms with van der Waals surface area (Å²) in [6, 6.07) is 6.21. The second kappa shape index (κ2) is 4.83. The Labute approximate surface area is 110 Å². The van der Waals surface area contributed by atoms with Gasteiger partial charge in [-0.15, -0.1) is 0 Å². The smallest absolute Gasteiger partial charge is 0.123 e. The maximum Gasteiger partial charge on any atom is 0.123 e. The Morgan fingerprint density at radius 3 is 2.61 bits per heavy atom. The standard InChI is InChI=1S/C16H24O2/c1-11(2)18-12-6-7-15-13(10-12)14(8-9-17-15)16(3,4)5/h6-7,10-11,14H,8-9H2,1-5H3. The van der Waals surface area contributed by atoms with E-state index < -0.39 is 0 Å². The predicted octanol–water partition coefficient (Wildman–Crippen LogP) is 4.39. The first-order valence-corrected chi connectivity index (χ1v) is 6.81. The van der Waals surface area contributed by atoms with Gasteiger partial charge in [0.05, 0.1) is 12.7 Å². The molecule has 0 saturated carbocycles. The van der Waals surface area contributed by atoms with E-state index in [2.05, 4.69) is 40.7 Å². The minimum atomic E-state index is 0.209. The summed E-state index contributed by atoms with van der Waals surface area (Å²) in [5.74, 6) is 2.51. The highest BCUT2D eigenvalue weighted by Gasteiger charge is 2.31. The lowest BCUT2D eigenvalue weighted by Crippen LogP contribution is -2.25. The van der Waals surface area contributed by atoms with Gasteiger partial charge in [-0.3, -0.25) is 0 Å². The summed E-state index contributed by atoms with van der Waals surface area (Å²) in [4.78, 5) is 0. The van der Waals surface area contributed by atoms with E-state index in [-0.39, 0.29) is 11.5 Å².